The molecule has 3 aromatic rings. The number of hydrogen-bond acceptors (Lipinski definition) is 4. The van der Waals surface area contributed by atoms with Crippen LogP contribution >= 0.6 is 0 Å². The van der Waals surface area contributed by atoms with Crippen LogP contribution in [0.5, 0.6) is 0 Å². The zero-order valence-electron chi connectivity index (χ0n) is 15.6. The number of nitrogens with one attached hydrogen (secondary N) is 1. The minimum Gasteiger partial charge on any atom is -0.393 e. The van der Waals surface area contributed by atoms with Crippen LogP contribution in [0.1, 0.15) is 47.6 Å². The molecule has 1 amide bonds. The van der Waals surface area contributed by atoms with E-state index < -0.39 is 0 Å². The van der Waals surface area contributed by atoms with Gasteiger partial charge in [-0.15, -0.1) is 0 Å². The fourth-order valence-electron chi connectivity index (χ4n) is 3.82. The van der Waals surface area contributed by atoms with Crippen molar-refractivity contribution in [1.82, 2.24) is 20.1 Å². The van der Waals surface area contributed by atoms with Crippen LogP contribution in [0, 0.1) is 12.8 Å². The van der Waals surface area contributed by atoms with Crippen molar-refractivity contribution in [2.75, 3.05) is 0 Å². The first kappa shape index (κ1) is 17.7. The summed E-state index contributed by atoms with van der Waals surface area (Å²) >= 11 is 0. The quantitative estimate of drug-likeness (QED) is 0.729. The van der Waals surface area contributed by atoms with Gasteiger partial charge in [-0.05, 0) is 56.4 Å². The zero-order chi connectivity index (χ0) is 19.0. The Hall–Kier alpha value is -2.73. The normalized spacial score (nSPS) is 20.3. The topological polar surface area (TPSA) is 80.0 Å². The number of hydrogen-bond donors (Lipinski definition) is 2. The van der Waals surface area contributed by atoms with Crippen LogP contribution < -0.4 is 5.32 Å². The van der Waals surface area contributed by atoms with Crippen molar-refractivity contribution < 1.29 is 9.90 Å². The number of aliphatic hydroxyl groups excluding tert-OH is 1. The third-order valence-corrected chi connectivity index (χ3v) is 5.31. The van der Waals surface area contributed by atoms with E-state index in [1.807, 2.05) is 50.4 Å². The third kappa shape index (κ3) is 3.45. The molecule has 6 nitrogen and oxygen atoms in total. The predicted molar refractivity (Wildman–Crippen MR) is 103 cm³/mol. The lowest BCUT2D eigenvalue weighted by atomic mass is 9.75. The molecule has 1 aliphatic carbocycles. The standard InChI is InChI=1S/C21H24N4O2/c1-3-25-19(8-13(2)24-25)21(27)23-20(15-10-17(26)11-15)16-9-14-6-4-5-7-18(14)22-12-16/h4-9,12,15,17,20,26H,3,10-11H2,1-2H3,(H,23,27). The number of carbonyl (C=O) groups excluding carboxylic acids is 1. The van der Waals surface area contributed by atoms with Crippen molar-refractivity contribution in [3.8, 4) is 0 Å². The van der Waals surface area contributed by atoms with E-state index in [0.29, 0.717) is 25.1 Å². The minimum absolute atomic E-state index is 0.142. The van der Waals surface area contributed by atoms with Gasteiger partial charge in [0.1, 0.15) is 5.69 Å². The van der Waals surface area contributed by atoms with Crippen LogP contribution in [0.2, 0.25) is 0 Å². The smallest absolute Gasteiger partial charge is 0.270 e. The largest absolute Gasteiger partial charge is 0.393 e. The van der Waals surface area contributed by atoms with Crippen molar-refractivity contribution >= 4 is 16.8 Å². The summed E-state index contributed by atoms with van der Waals surface area (Å²) in [6, 6.07) is 11.7. The van der Waals surface area contributed by atoms with E-state index in [-0.39, 0.29) is 24.0 Å². The van der Waals surface area contributed by atoms with Gasteiger partial charge < -0.3 is 10.4 Å². The Kier molecular flexibility index (Phi) is 4.66. The van der Waals surface area contributed by atoms with Gasteiger partial charge in [0.05, 0.1) is 23.4 Å². The summed E-state index contributed by atoms with van der Waals surface area (Å²) in [7, 11) is 0. The Morgan fingerprint density at radius 3 is 2.85 bits per heavy atom. The molecule has 1 fully saturated rings. The van der Waals surface area contributed by atoms with E-state index >= 15 is 0 Å². The lowest BCUT2D eigenvalue weighted by Gasteiger charge is -2.38. The second-order valence-corrected chi connectivity index (χ2v) is 7.28. The van der Waals surface area contributed by atoms with E-state index in [9.17, 15) is 9.90 Å². The lowest BCUT2D eigenvalue weighted by molar-refractivity contribution is 0.0234. The molecule has 140 valence electrons. The van der Waals surface area contributed by atoms with Gasteiger partial charge in [0.25, 0.3) is 5.91 Å². The van der Waals surface area contributed by atoms with Crippen molar-refractivity contribution in [3.05, 3.63) is 59.5 Å². The van der Waals surface area contributed by atoms with E-state index in [0.717, 1.165) is 22.2 Å². The van der Waals surface area contributed by atoms with Crippen LogP contribution in [-0.4, -0.2) is 31.9 Å². The number of aliphatic hydroxyl groups is 1. The summed E-state index contributed by atoms with van der Waals surface area (Å²) in [4.78, 5) is 17.5. The van der Waals surface area contributed by atoms with Crippen LogP contribution in [0.4, 0.5) is 0 Å². The first-order chi connectivity index (χ1) is 13.0. The number of aryl methyl sites for hydroxylation is 2. The van der Waals surface area contributed by atoms with Gasteiger partial charge in [-0.2, -0.15) is 5.10 Å². The first-order valence-electron chi connectivity index (χ1n) is 9.43. The van der Waals surface area contributed by atoms with E-state index in [1.165, 1.54) is 0 Å². The Labute approximate surface area is 158 Å². The van der Waals surface area contributed by atoms with Gasteiger partial charge in [-0.25, -0.2) is 0 Å². The molecule has 1 aliphatic rings. The van der Waals surface area contributed by atoms with Gasteiger partial charge in [-0.1, -0.05) is 18.2 Å². The molecule has 0 saturated heterocycles. The van der Waals surface area contributed by atoms with E-state index in [1.54, 1.807) is 4.68 Å². The molecule has 4 rings (SSSR count). The number of nitrogens with zero attached hydrogens (tertiary/aromatic N) is 3. The first-order valence-corrected chi connectivity index (χ1v) is 9.43. The fraction of sp³-hybridized carbons (Fsp3) is 0.381. The maximum atomic E-state index is 13.0. The van der Waals surface area contributed by atoms with E-state index in [4.69, 9.17) is 0 Å². The summed E-state index contributed by atoms with van der Waals surface area (Å²) in [5.74, 6) is 0.0583. The Morgan fingerprint density at radius 2 is 2.11 bits per heavy atom. The number of benzene rings is 1. The van der Waals surface area contributed by atoms with Gasteiger partial charge in [0, 0.05) is 18.1 Å². The van der Waals surface area contributed by atoms with Gasteiger partial charge >= 0.3 is 0 Å². The predicted octanol–water partition coefficient (Wildman–Crippen LogP) is 3.00. The van der Waals surface area contributed by atoms with Crippen molar-refractivity contribution in [3.63, 3.8) is 0 Å². The average Bonchev–Trinajstić information content (AvgIpc) is 3.04. The third-order valence-electron chi connectivity index (χ3n) is 5.31. The number of fused-ring (bicyclic) bond motifs is 1. The maximum Gasteiger partial charge on any atom is 0.270 e. The summed E-state index contributed by atoms with van der Waals surface area (Å²) in [5.41, 5.74) is 3.29. The summed E-state index contributed by atoms with van der Waals surface area (Å²) < 4.78 is 1.72. The zero-order valence-corrected chi connectivity index (χ0v) is 15.6. The number of pyridine rings is 1. The van der Waals surface area contributed by atoms with Gasteiger partial charge in [0.15, 0.2) is 0 Å². The van der Waals surface area contributed by atoms with Gasteiger partial charge in [-0.3, -0.25) is 14.5 Å². The molecule has 0 bridgehead atoms. The highest BCUT2D eigenvalue weighted by Crippen LogP contribution is 2.38. The SMILES string of the molecule is CCn1nc(C)cc1C(=O)NC(c1cnc2ccccc2c1)C1CC(O)C1. The highest BCUT2D eigenvalue weighted by molar-refractivity contribution is 5.93. The Bertz CT molecular complexity index is 975. The molecule has 6 heteroatoms. The molecule has 0 radical (unpaired) electrons. The Morgan fingerprint density at radius 1 is 1.33 bits per heavy atom. The van der Waals surface area contributed by atoms with Crippen LogP contribution in [0.25, 0.3) is 10.9 Å². The summed E-state index contributed by atoms with van der Waals surface area (Å²) in [6.45, 7) is 4.49. The molecule has 2 heterocycles. The number of aromatic nitrogens is 3. The van der Waals surface area contributed by atoms with Crippen molar-refractivity contribution in [2.45, 2.75) is 45.4 Å². The number of amides is 1. The second kappa shape index (κ2) is 7.12. The molecule has 27 heavy (non-hydrogen) atoms. The molecule has 1 atom stereocenters. The molecule has 1 saturated carbocycles. The van der Waals surface area contributed by atoms with Crippen molar-refractivity contribution in [2.24, 2.45) is 5.92 Å². The lowest BCUT2D eigenvalue weighted by Crippen LogP contribution is -2.42. The molecule has 0 aliphatic heterocycles. The highest BCUT2D eigenvalue weighted by Gasteiger charge is 2.36. The molecular weight excluding hydrogens is 340 g/mol. The minimum atomic E-state index is -0.286. The van der Waals surface area contributed by atoms with Crippen LogP contribution in [0.15, 0.2) is 42.6 Å². The van der Waals surface area contributed by atoms with E-state index in [2.05, 4.69) is 21.5 Å². The fourth-order valence-corrected chi connectivity index (χ4v) is 3.82. The summed E-state index contributed by atoms with van der Waals surface area (Å²) in [6.07, 6.45) is 2.92. The molecule has 2 aromatic heterocycles. The van der Waals surface area contributed by atoms with Gasteiger partial charge in [0.2, 0.25) is 0 Å². The molecular formula is C21H24N4O2. The number of para-hydroxylation sites is 1. The molecule has 1 unspecified atom stereocenters. The average molecular weight is 364 g/mol. The van der Waals surface area contributed by atoms with Crippen LogP contribution in [-0.2, 0) is 6.54 Å². The maximum absolute atomic E-state index is 13.0. The van der Waals surface area contributed by atoms with Crippen LogP contribution in [0.3, 0.4) is 0 Å². The second-order valence-electron chi connectivity index (χ2n) is 7.28. The number of carbonyl (C=O) groups is 1. The number of rotatable bonds is 5. The molecule has 2 N–H and O–H groups in total. The highest BCUT2D eigenvalue weighted by atomic mass is 16.3. The monoisotopic (exact) mass is 364 g/mol. The van der Waals surface area contributed by atoms with Crippen molar-refractivity contribution in [1.29, 1.82) is 0 Å². The molecule has 1 aromatic carbocycles. The molecule has 0 spiro atoms. The Balaban J connectivity index is 1.65. The summed E-state index contributed by atoms with van der Waals surface area (Å²) in [5, 5.41) is 18.4.